The van der Waals surface area contributed by atoms with Gasteiger partial charge in [-0.3, -0.25) is 10.2 Å². The lowest BCUT2D eigenvalue weighted by Gasteiger charge is -2.35. The Labute approximate surface area is 178 Å². The monoisotopic (exact) mass is 443 g/mol. The van der Waals surface area contributed by atoms with Crippen LogP contribution in [0.5, 0.6) is 0 Å². The average Bonchev–Trinajstić information content (AvgIpc) is 2.73. The Hall–Kier alpha value is -3.28. The van der Waals surface area contributed by atoms with Crippen molar-refractivity contribution in [3.63, 3.8) is 0 Å². The van der Waals surface area contributed by atoms with Crippen molar-refractivity contribution < 1.29 is 23.1 Å². The van der Waals surface area contributed by atoms with Gasteiger partial charge in [0.25, 0.3) is 15.9 Å². The number of ether oxygens (including phenoxy) is 1. The Morgan fingerprint density at radius 1 is 1.32 bits per heavy atom. The highest BCUT2D eigenvalue weighted by atomic mass is 32.2. The zero-order valence-corrected chi connectivity index (χ0v) is 17.4. The Morgan fingerprint density at radius 3 is 2.71 bits per heavy atom. The van der Waals surface area contributed by atoms with Crippen LogP contribution >= 0.6 is 0 Å². The van der Waals surface area contributed by atoms with E-state index in [1.54, 1.807) is 12.1 Å². The first kappa shape index (κ1) is 21.0. The number of hydrogen-bond acceptors (Lipinski definition) is 7. The molecule has 2 aliphatic heterocycles. The number of hydrogen-bond donors (Lipinski definition) is 4. The largest absolute Gasteiger partial charge is 0.384 e. The molecule has 2 aromatic carbocycles. The molecule has 5 N–H and O–H groups in total. The van der Waals surface area contributed by atoms with Crippen LogP contribution in [-0.4, -0.2) is 56.5 Å². The maximum Gasteiger partial charge on any atom is 0.286 e. The van der Waals surface area contributed by atoms with Crippen molar-refractivity contribution >= 4 is 39.0 Å². The fourth-order valence-corrected chi connectivity index (χ4v) is 4.61. The first-order valence-corrected chi connectivity index (χ1v) is 10.9. The van der Waals surface area contributed by atoms with Crippen LogP contribution in [0.4, 0.5) is 11.4 Å². The van der Waals surface area contributed by atoms with E-state index in [1.807, 2.05) is 19.1 Å². The third-order valence-electron chi connectivity index (χ3n) is 5.09. The number of amidine groups is 2. The van der Waals surface area contributed by atoms with E-state index in [9.17, 15) is 18.3 Å². The van der Waals surface area contributed by atoms with Crippen LogP contribution in [0.3, 0.4) is 0 Å². The number of nitrogens with zero attached hydrogens (tertiary/aromatic N) is 2. The minimum atomic E-state index is -4.19. The van der Waals surface area contributed by atoms with E-state index in [0.29, 0.717) is 12.2 Å². The highest BCUT2D eigenvalue weighted by Gasteiger charge is 2.40. The summed E-state index contributed by atoms with van der Waals surface area (Å²) in [6.45, 7) is 2.40. The molecule has 1 amide bonds. The van der Waals surface area contributed by atoms with Crippen LogP contribution in [0.25, 0.3) is 0 Å². The van der Waals surface area contributed by atoms with E-state index in [-0.39, 0.29) is 34.4 Å². The van der Waals surface area contributed by atoms with Crippen molar-refractivity contribution in [3.05, 3.63) is 53.6 Å². The number of aryl methyl sites for hydroxylation is 1. The fourth-order valence-electron chi connectivity index (χ4n) is 3.43. The lowest BCUT2D eigenvalue weighted by atomic mass is 10.1. The van der Waals surface area contributed by atoms with Crippen molar-refractivity contribution in [1.82, 2.24) is 0 Å². The van der Waals surface area contributed by atoms with Gasteiger partial charge in [-0.2, -0.15) is 8.42 Å². The SMILES string of the molecule is Cc1ccc(N2CCO[C@@H]([C@H](O)C3=NS(=O)(=O)c4cc(C(=N)N)ccc4N3)C2=O)cc1. The summed E-state index contributed by atoms with van der Waals surface area (Å²) in [5.74, 6) is -1.10. The number of benzene rings is 2. The molecule has 162 valence electrons. The number of amides is 1. The molecule has 0 unspecified atom stereocenters. The van der Waals surface area contributed by atoms with E-state index < -0.39 is 28.1 Å². The van der Waals surface area contributed by atoms with E-state index in [0.717, 1.165) is 5.56 Å². The number of morpholine rings is 1. The molecule has 1 fully saturated rings. The molecule has 0 radical (unpaired) electrons. The summed E-state index contributed by atoms with van der Waals surface area (Å²) < 4.78 is 34.4. The van der Waals surface area contributed by atoms with E-state index in [4.69, 9.17) is 15.9 Å². The third kappa shape index (κ3) is 3.90. The van der Waals surface area contributed by atoms with Crippen LogP contribution in [0.15, 0.2) is 51.8 Å². The number of nitrogen functional groups attached to an aromatic ring is 1. The molecule has 4 rings (SSSR count). The Morgan fingerprint density at radius 2 is 2.03 bits per heavy atom. The summed E-state index contributed by atoms with van der Waals surface area (Å²) in [5.41, 5.74) is 7.51. The maximum atomic E-state index is 13.0. The number of aliphatic hydroxyl groups excluding tert-OH is 1. The topological polar surface area (TPSA) is 158 Å². The highest BCUT2D eigenvalue weighted by Crippen LogP contribution is 2.30. The van der Waals surface area contributed by atoms with Crippen molar-refractivity contribution in [2.75, 3.05) is 23.4 Å². The summed E-state index contributed by atoms with van der Waals surface area (Å²) in [6, 6.07) is 11.5. The van der Waals surface area contributed by atoms with Crippen molar-refractivity contribution in [2.24, 2.45) is 10.1 Å². The van der Waals surface area contributed by atoms with Gasteiger partial charge in [0.2, 0.25) is 0 Å². The molecule has 2 atom stereocenters. The third-order valence-corrected chi connectivity index (χ3v) is 6.42. The summed E-state index contributed by atoms with van der Waals surface area (Å²) in [6.07, 6.45) is -2.95. The molecule has 0 spiro atoms. The van der Waals surface area contributed by atoms with Gasteiger partial charge in [0.1, 0.15) is 16.8 Å². The number of nitrogens with one attached hydrogen (secondary N) is 2. The molecule has 0 aliphatic carbocycles. The van der Waals surface area contributed by atoms with Crippen LogP contribution in [0.2, 0.25) is 0 Å². The molecule has 11 heteroatoms. The van der Waals surface area contributed by atoms with Gasteiger partial charge in [-0.1, -0.05) is 17.7 Å². The number of carbonyl (C=O) groups excluding carboxylic acids is 1. The second kappa shape index (κ2) is 7.76. The summed E-state index contributed by atoms with van der Waals surface area (Å²) >= 11 is 0. The second-order valence-electron chi connectivity index (χ2n) is 7.26. The van der Waals surface area contributed by atoms with E-state index in [1.165, 1.54) is 23.1 Å². The number of nitrogens with two attached hydrogens (primary N) is 1. The zero-order valence-electron chi connectivity index (χ0n) is 16.6. The molecule has 0 aromatic heterocycles. The lowest BCUT2D eigenvalue weighted by Crippen LogP contribution is -2.56. The second-order valence-corrected chi connectivity index (χ2v) is 8.84. The Balaban J connectivity index is 1.62. The molecule has 1 saturated heterocycles. The van der Waals surface area contributed by atoms with Crippen molar-refractivity contribution in [3.8, 4) is 0 Å². The molecule has 31 heavy (non-hydrogen) atoms. The smallest absolute Gasteiger partial charge is 0.286 e. The van der Waals surface area contributed by atoms with Crippen LogP contribution in [0, 0.1) is 12.3 Å². The predicted molar refractivity (Wildman–Crippen MR) is 115 cm³/mol. The normalized spacial score (nSPS) is 21.0. The summed E-state index contributed by atoms with van der Waals surface area (Å²) in [5, 5.41) is 21.0. The van der Waals surface area contributed by atoms with Crippen LogP contribution in [-0.2, 0) is 19.6 Å². The quantitative estimate of drug-likeness (QED) is 0.397. The number of carbonyl (C=O) groups is 1. The lowest BCUT2D eigenvalue weighted by molar-refractivity contribution is -0.139. The van der Waals surface area contributed by atoms with E-state index >= 15 is 0 Å². The van der Waals surface area contributed by atoms with Gasteiger partial charge in [0, 0.05) is 17.8 Å². The molecule has 0 saturated carbocycles. The molecule has 10 nitrogen and oxygen atoms in total. The standard InChI is InChI=1S/C20H21N5O5S/c1-11-2-5-13(6-3-11)25-8-9-30-17(20(25)27)16(26)19-23-14-7-4-12(18(21)22)10-15(14)31(28,29)24-19/h2-7,10,16-17,26H,8-9H2,1H3,(H3,21,22)(H,23,24)/t16-,17-/m0/s1. The highest BCUT2D eigenvalue weighted by molar-refractivity contribution is 7.90. The first-order valence-electron chi connectivity index (χ1n) is 9.45. The Bertz CT molecular complexity index is 1190. The maximum absolute atomic E-state index is 13.0. The number of sulfonamides is 1. The minimum Gasteiger partial charge on any atom is -0.384 e. The number of aliphatic hydroxyl groups is 1. The van der Waals surface area contributed by atoms with Gasteiger partial charge in [-0.05, 0) is 37.3 Å². The number of rotatable bonds is 4. The zero-order chi connectivity index (χ0) is 22.3. The van der Waals surface area contributed by atoms with Crippen LogP contribution in [0.1, 0.15) is 11.1 Å². The van der Waals surface area contributed by atoms with Gasteiger partial charge in [0.15, 0.2) is 11.9 Å². The van der Waals surface area contributed by atoms with Gasteiger partial charge in [-0.15, -0.1) is 4.40 Å². The van der Waals surface area contributed by atoms with Gasteiger partial charge in [-0.25, -0.2) is 0 Å². The first-order chi connectivity index (χ1) is 14.7. The Kier molecular flexibility index (Phi) is 5.25. The number of fused-ring (bicyclic) bond motifs is 1. The molecule has 2 aliphatic rings. The van der Waals surface area contributed by atoms with Gasteiger partial charge >= 0.3 is 0 Å². The summed E-state index contributed by atoms with van der Waals surface area (Å²) in [7, 11) is -4.19. The number of anilines is 2. The molecule has 2 heterocycles. The minimum absolute atomic E-state index is 0.160. The molecular formula is C20H21N5O5S. The predicted octanol–water partition coefficient (Wildman–Crippen LogP) is 0.585. The average molecular weight is 443 g/mol. The molecule has 0 bridgehead atoms. The van der Waals surface area contributed by atoms with Gasteiger partial charge < -0.3 is 25.8 Å². The summed E-state index contributed by atoms with van der Waals surface area (Å²) in [4.78, 5) is 14.3. The van der Waals surface area contributed by atoms with Crippen LogP contribution < -0.4 is 16.0 Å². The molecular weight excluding hydrogens is 422 g/mol. The molecule has 2 aromatic rings. The van der Waals surface area contributed by atoms with Gasteiger partial charge in [0.05, 0.1) is 12.3 Å². The van der Waals surface area contributed by atoms with Crippen molar-refractivity contribution in [1.29, 1.82) is 5.41 Å². The van der Waals surface area contributed by atoms with E-state index in [2.05, 4.69) is 9.71 Å². The fraction of sp³-hybridized carbons (Fsp3) is 0.250. The van der Waals surface area contributed by atoms with Crippen molar-refractivity contribution in [2.45, 2.75) is 24.0 Å².